The molecule has 0 aliphatic carbocycles. The SMILES string of the molecule is CC.CCOC(=O)/C(=N\Nc1ccccc1)C(C)C.CCOC(=O)C1=Nc2ccccc2C1(C)C. The fourth-order valence-electron chi connectivity index (χ4n) is 3.24. The molecule has 2 aromatic carbocycles. The summed E-state index contributed by atoms with van der Waals surface area (Å²) in [6.07, 6.45) is 0. The smallest absolute Gasteiger partial charge is 0.354 e. The molecule has 190 valence electrons. The summed E-state index contributed by atoms with van der Waals surface area (Å²) < 4.78 is 9.97. The van der Waals surface area contributed by atoms with Gasteiger partial charge in [0.1, 0.15) is 11.4 Å². The summed E-state index contributed by atoms with van der Waals surface area (Å²) in [5.41, 5.74) is 6.18. The van der Waals surface area contributed by atoms with E-state index in [9.17, 15) is 9.59 Å². The molecule has 0 spiro atoms. The minimum atomic E-state index is -0.370. The molecule has 3 rings (SSSR count). The zero-order valence-electron chi connectivity index (χ0n) is 22.2. The monoisotopic (exact) mass is 481 g/mol. The fraction of sp³-hybridized carbons (Fsp3) is 0.429. The van der Waals surface area contributed by atoms with E-state index in [1.807, 2.05) is 96.1 Å². The van der Waals surface area contributed by atoms with Gasteiger partial charge in [0.2, 0.25) is 0 Å². The molecule has 1 aliphatic rings. The summed E-state index contributed by atoms with van der Waals surface area (Å²) in [5.74, 6) is -0.667. The molecule has 7 heteroatoms. The highest BCUT2D eigenvalue weighted by atomic mass is 16.5. The topological polar surface area (TPSA) is 89.4 Å². The molecule has 7 nitrogen and oxygen atoms in total. The lowest BCUT2D eigenvalue weighted by Gasteiger charge is -2.20. The number of ether oxygens (including phenoxy) is 2. The Hall–Kier alpha value is -3.48. The van der Waals surface area contributed by atoms with Gasteiger partial charge in [-0.05, 0) is 51.5 Å². The van der Waals surface area contributed by atoms with Crippen molar-refractivity contribution in [3.8, 4) is 0 Å². The van der Waals surface area contributed by atoms with E-state index >= 15 is 0 Å². The van der Waals surface area contributed by atoms with Gasteiger partial charge in [-0.15, -0.1) is 0 Å². The van der Waals surface area contributed by atoms with E-state index < -0.39 is 0 Å². The summed E-state index contributed by atoms with van der Waals surface area (Å²) >= 11 is 0. The Morgan fingerprint density at radius 1 is 0.943 bits per heavy atom. The van der Waals surface area contributed by atoms with Crippen LogP contribution < -0.4 is 5.43 Å². The maximum absolute atomic E-state index is 11.8. The van der Waals surface area contributed by atoms with Crippen LogP contribution in [0.15, 0.2) is 64.7 Å². The molecular weight excluding hydrogens is 442 g/mol. The Morgan fingerprint density at radius 2 is 1.51 bits per heavy atom. The van der Waals surface area contributed by atoms with Crippen molar-refractivity contribution in [3.63, 3.8) is 0 Å². The summed E-state index contributed by atoms with van der Waals surface area (Å²) in [6.45, 7) is 16.1. The lowest BCUT2D eigenvalue weighted by Crippen LogP contribution is -2.33. The lowest BCUT2D eigenvalue weighted by atomic mass is 9.81. The zero-order chi connectivity index (χ0) is 26.4. The Labute approximate surface area is 209 Å². The first kappa shape index (κ1) is 29.6. The first-order valence-electron chi connectivity index (χ1n) is 12.1. The molecule has 0 bridgehead atoms. The number of carbonyl (C=O) groups excluding carboxylic acids is 2. The van der Waals surface area contributed by atoms with Gasteiger partial charge in [0.15, 0.2) is 0 Å². The van der Waals surface area contributed by atoms with E-state index in [4.69, 9.17) is 9.47 Å². The molecule has 0 aromatic heterocycles. The quantitative estimate of drug-likeness (QED) is 0.284. The number of anilines is 1. The van der Waals surface area contributed by atoms with E-state index in [1.54, 1.807) is 13.8 Å². The maximum Gasteiger partial charge on any atom is 0.354 e. The van der Waals surface area contributed by atoms with Gasteiger partial charge in [-0.25, -0.2) is 14.6 Å². The number of esters is 2. The maximum atomic E-state index is 11.8. The Morgan fingerprint density at radius 3 is 2.06 bits per heavy atom. The number of fused-ring (bicyclic) bond motifs is 1. The lowest BCUT2D eigenvalue weighted by molar-refractivity contribution is -0.136. The number of hydrogen-bond donors (Lipinski definition) is 1. The number of carbonyl (C=O) groups is 2. The highest BCUT2D eigenvalue weighted by molar-refractivity contribution is 6.41. The molecule has 1 heterocycles. The van der Waals surface area contributed by atoms with Gasteiger partial charge in [0.25, 0.3) is 0 Å². The van der Waals surface area contributed by atoms with Crippen molar-refractivity contribution in [1.82, 2.24) is 0 Å². The van der Waals surface area contributed by atoms with E-state index in [-0.39, 0.29) is 23.3 Å². The fourth-order valence-corrected chi connectivity index (χ4v) is 3.24. The molecule has 0 radical (unpaired) electrons. The number of aliphatic imine (C=N–C) groups is 1. The van der Waals surface area contributed by atoms with Gasteiger partial charge in [0, 0.05) is 11.3 Å². The highest BCUT2D eigenvalue weighted by Crippen LogP contribution is 2.39. The first-order valence-corrected chi connectivity index (χ1v) is 12.1. The van der Waals surface area contributed by atoms with Crippen LogP contribution in [0.25, 0.3) is 0 Å². The second-order valence-electron chi connectivity index (χ2n) is 8.17. The average Bonchev–Trinajstić information content (AvgIpc) is 3.12. The number of rotatable bonds is 7. The van der Waals surface area contributed by atoms with Crippen molar-refractivity contribution < 1.29 is 19.1 Å². The van der Waals surface area contributed by atoms with Crippen LogP contribution in [0.3, 0.4) is 0 Å². The van der Waals surface area contributed by atoms with Gasteiger partial charge < -0.3 is 9.47 Å². The summed E-state index contributed by atoms with van der Waals surface area (Å²) in [5, 5.41) is 4.10. The molecule has 1 N–H and O–H groups in total. The third-order valence-corrected chi connectivity index (χ3v) is 4.98. The van der Waals surface area contributed by atoms with Crippen LogP contribution in [0.5, 0.6) is 0 Å². The molecule has 0 saturated heterocycles. The average molecular weight is 482 g/mol. The van der Waals surface area contributed by atoms with Crippen LogP contribution in [-0.2, 0) is 24.5 Å². The molecule has 0 amide bonds. The highest BCUT2D eigenvalue weighted by Gasteiger charge is 2.39. The third-order valence-electron chi connectivity index (χ3n) is 4.98. The normalized spacial score (nSPS) is 13.3. The van der Waals surface area contributed by atoms with E-state index in [0.717, 1.165) is 16.9 Å². The first-order chi connectivity index (χ1) is 16.7. The molecule has 35 heavy (non-hydrogen) atoms. The van der Waals surface area contributed by atoms with Gasteiger partial charge in [0.05, 0.1) is 24.6 Å². The van der Waals surface area contributed by atoms with Crippen molar-refractivity contribution in [3.05, 3.63) is 60.2 Å². The van der Waals surface area contributed by atoms with Crippen LogP contribution in [0.1, 0.15) is 61.0 Å². The largest absolute Gasteiger partial charge is 0.461 e. The standard InChI is InChI=1S/C13H18N2O2.C13H15NO2.C2H6/c1-4-17-13(16)12(10(2)3)15-14-11-8-6-5-7-9-11;1-4-16-12(15)11-13(2,3)9-7-5-6-8-10(9)14-11;1-2/h5-10,14H,4H2,1-3H3;5-8H,4H2,1-3H3;1-2H3/b15-12-;;. The predicted molar refractivity (Wildman–Crippen MR) is 144 cm³/mol. The molecule has 0 saturated carbocycles. The molecule has 0 atom stereocenters. The van der Waals surface area contributed by atoms with Gasteiger partial charge >= 0.3 is 11.9 Å². The second kappa shape index (κ2) is 14.7. The molecule has 1 aliphatic heterocycles. The third kappa shape index (κ3) is 8.35. The summed E-state index contributed by atoms with van der Waals surface area (Å²) in [7, 11) is 0. The summed E-state index contributed by atoms with van der Waals surface area (Å²) in [6, 6.07) is 17.3. The van der Waals surface area contributed by atoms with E-state index in [2.05, 4.69) is 15.5 Å². The van der Waals surface area contributed by atoms with Gasteiger partial charge in [-0.2, -0.15) is 5.10 Å². The van der Waals surface area contributed by atoms with Crippen LogP contribution >= 0.6 is 0 Å². The zero-order valence-corrected chi connectivity index (χ0v) is 22.2. The second-order valence-corrected chi connectivity index (χ2v) is 8.17. The number of nitrogens with one attached hydrogen (secondary N) is 1. The number of para-hydroxylation sites is 2. The van der Waals surface area contributed by atoms with E-state index in [1.165, 1.54) is 0 Å². The molecule has 0 unspecified atom stereocenters. The number of nitrogens with zero attached hydrogens (tertiary/aromatic N) is 2. The molecular formula is C28H39N3O4. The number of hydrazone groups is 1. The van der Waals surface area contributed by atoms with Crippen molar-refractivity contribution in [2.75, 3.05) is 18.6 Å². The summed E-state index contributed by atoms with van der Waals surface area (Å²) in [4.78, 5) is 27.8. The van der Waals surface area contributed by atoms with E-state index in [0.29, 0.717) is 24.6 Å². The number of hydrogen-bond acceptors (Lipinski definition) is 7. The van der Waals surface area contributed by atoms with Crippen LogP contribution in [-0.4, -0.2) is 36.6 Å². The van der Waals surface area contributed by atoms with Crippen molar-refractivity contribution in [2.45, 2.75) is 60.8 Å². The van der Waals surface area contributed by atoms with Crippen LogP contribution in [0, 0.1) is 5.92 Å². The van der Waals surface area contributed by atoms with Crippen molar-refractivity contribution in [1.29, 1.82) is 0 Å². The van der Waals surface area contributed by atoms with Crippen molar-refractivity contribution >= 4 is 34.7 Å². The van der Waals surface area contributed by atoms with Gasteiger partial charge in [-0.3, -0.25) is 5.43 Å². The Kier molecular flexibility index (Phi) is 12.4. The minimum Gasteiger partial charge on any atom is -0.461 e. The molecule has 2 aromatic rings. The van der Waals surface area contributed by atoms with Crippen molar-refractivity contribution in [2.24, 2.45) is 16.0 Å². The molecule has 0 fully saturated rings. The Bertz CT molecular complexity index is 1010. The van der Waals surface area contributed by atoms with Gasteiger partial charge in [-0.1, -0.05) is 64.1 Å². The van der Waals surface area contributed by atoms with Crippen LogP contribution in [0.4, 0.5) is 11.4 Å². The minimum absolute atomic E-state index is 0.0188. The van der Waals surface area contributed by atoms with Crippen LogP contribution in [0.2, 0.25) is 0 Å². The number of benzene rings is 2. The Balaban J connectivity index is 0.000000327. The predicted octanol–water partition coefficient (Wildman–Crippen LogP) is 6.31.